The molecule has 1 saturated heterocycles. The smallest absolute Gasteiger partial charge is 0.308 e. The first-order valence-corrected chi connectivity index (χ1v) is 9.42. The number of carbonyl (C=O) groups is 1. The Hall–Kier alpha value is -0.440. The average molecular weight is 441 g/mol. The van der Waals surface area contributed by atoms with E-state index in [-0.39, 0.29) is 16.8 Å². The van der Waals surface area contributed by atoms with E-state index in [4.69, 9.17) is 4.74 Å². The third-order valence-electron chi connectivity index (χ3n) is 3.50. The molecule has 116 valence electrons. The summed E-state index contributed by atoms with van der Waals surface area (Å²) in [6, 6.07) is 4.96. The van der Waals surface area contributed by atoms with Crippen LogP contribution >= 0.6 is 31.9 Å². The standard InChI is InChI=1S/C13H15Br2NO4S/c1-20-13(17)9-4-6-16(7-5-9)21(18,19)12-3-2-10(14)8-11(12)15/h2-3,8-9H,4-7H2,1H3. The molecule has 0 saturated carbocycles. The summed E-state index contributed by atoms with van der Waals surface area (Å²) in [6.07, 6.45) is 0.972. The molecule has 0 bridgehead atoms. The van der Waals surface area contributed by atoms with Crippen molar-refractivity contribution < 1.29 is 17.9 Å². The number of benzene rings is 1. The van der Waals surface area contributed by atoms with E-state index in [0.717, 1.165) is 4.47 Å². The summed E-state index contributed by atoms with van der Waals surface area (Å²) >= 11 is 6.59. The van der Waals surface area contributed by atoms with Crippen LogP contribution in [0.4, 0.5) is 0 Å². The second kappa shape index (κ2) is 6.76. The molecule has 21 heavy (non-hydrogen) atoms. The number of halogens is 2. The molecule has 1 aromatic carbocycles. The number of methoxy groups -OCH3 is 1. The van der Waals surface area contributed by atoms with E-state index in [1.165, 1.54) is 11.4 Å². The molecular weight excluding hydrogens is 426 g/mol. The molecule has 1 heterocycles. The number of rotatable bonds is 3. The Kier molecular flexibility index (Phi) is 5.45. The third-order valence-corrected chi connectivity index (χ3v) is 6.87. The first kappa shape index (κ1) is 16.9. The van der Waals surface area contributed by atoms with Crippen LogP contribution in [0.15, 0.2) is 32.0 Å². The molecule has 0 aliphatic carbocycles. The molecule has 0 unspecified atom stereocenters. The minimum atomic E-state index is -3.55. The predicted octanol–water partition coefficient (Wildman–Crippen LogP) is 2.79. The van der Waals surface area contributed by atoms with E-state index < -0.39 is 10.0 Å². The van der Waals surface area contributed by atoms with Crippen molar-refractivity contribution in [3.05, 3.63) is 27.1 Å². The van der Waals surface area contributed by atoms with Gasteiger partial charge in [-0.3, -0.25) is 4.79 Å². The lowest BCUT2D eigenvalue weighted by Crippen LogP contribution is -2.40. The molecule has 0 spiro atoms. The van der Waals surface area contributed by atoms with Crippen LogP contribution in [0.3, 0.4) is 0 Å². The zero-order valence-corrected chi connectivity index (χ0v) is 15.4. The minimum absolute atomic E-state index is 0.213. The molecular formula is C13H15Br2NO4S. The van der Waals surface area contributed by atoms with Gasteiger partial charge in [0.25, 0.3) is 0 Å². The quantitative estimate of drug-likeness (QED) is 0.678. The van der Waals surface area contributed by atoms with Crippen molar-refractivity contribution in [3.63, 3.8) is 0 Å². The average Bonchev–Trinajstić information content (AvgIpc) is 2.46. The molecule has 0 aromatic heterocycles. The Morgan fingerprint density at radius 1 is 1.29 bits per heavy atom. The van der Waals surface area contributed by atoms with Crippen molar-refractivity contribution in [2.75, 3.05) is 20.2 Å². The molecule has 0 radical (unpaired) electrons. The van der Waals surface area contributed by atoms with Crippen molar-refractivity contribution in [2.24, 2.45) is 5.92 Å². The maximum Gasteiger partial charge on any atom is 0.308 e. The molecule has 1 aromatic rings. The molecule has 0 atom stereocenters. The van der Waals surface area contributed by atoms with Crippen LogP contribution in [0.25, 0.3) is 0 Å². The van der Waals surface area contributed by atoms with E-state index in [0.29, 0.717) is 30.4 Å². The van der Waals surface area contributed by atoms with Gasteiger partial charge in [0.15, 0.2) is 0 Å². The van der Waals surface area contributed by atoms with Gasteiger partial charge in [-0.15, -0.1) is 0 Å². The topological polar surface area (TPSA) is 63.7 Å². The molecule has 0 N–H and O–H groups in total. The van der Waals surface area contributed by atoms with Crippen molar-refractivity contribution in [1.82, 2.24) is 4.31 Å². The van der Waals surface area contributed by atoms with Gasteiger partial charge in [-0.1, -0.05) is 15.9 Å². The van der Waals surface area contributed by atoms with Gasteiger partial charge in [-0.05, 0) is 47.0 Å². The fourth-order valence-electron chi connectivity index (χ4n) is 2.32. The molecule has 5 nitrogen and oxygen atoms in total. The van der Waals surface area contributed by atoms with Crippen LogP contribution in [0, 0.1) is 5.92 Å². The van der Waals surface area contributed by atoms with Gasteiger partial charge in [0, 0.05) is 22.0 Å². The van der Waals surface area contributed by atoms with Crippen molar-refractivity contribution in [1.29, 1.82) is 0 Å². The van der Waals surface area contributed by atoms with Crippen molar-refractivity contribution >= 4 is 47.9 Å². The van der Waals surface area contributed by atoms with E-state index in [2.05, 4.69) is 31.9 Å². The highest BCUT2D eigenvalue weighted by atomic mass is 79.9. The number of hydrogen-bond donors (Lipinski definition) is 0. The monoisotopic (exact) mass is 439 g/mol. The zero-order valence-electron chi connectivity index (χ0n) is 11.4. The van der Waals surface area contributed by atoms with E-state index >= 15 is 0 Å². The van der Waals surface area contributed by atoms with Gasteiger partial charge in [0.1, 0.15) is 0 Å². The lowest BCUT2D eigenvalue weighted by molar-refractivity contribution is -0.146. The SMILES string of the molecule is COC(=O)C1CCN(S(=O)(=O)c2ccc(Br)cc2Br)CC1. The zero-order chi connectivity index (χ0) is 15.6. The molecule has 1 fully saturated rings. The lowest BCUT2D eigenvalue weighted by Gasteiger charge is -2.30. The highest BCUT2D eigenvalue weighted by Gasteiger charge is 2.33. The Labute approximate surface area is 141 Å². The summed E-state index contributed by atoms with van der Waals surface area (Å²) in [5.74, 6) is -0.480. The Bertz CT molecular complexity index is 640. The summed E-state index contributed by atoms with van der Waals surface area (Å²) in [7, 11) is -2.20. The largest absolute Gasteiger partial charge is 0.469 e. The van der Waals surface area contributed by atoms with Crippen molar-refractivity contribution in [3.8, 4) is 0 Å². The molecule has 2 rings (SSSR count). The Morgan fingerprint density at radius 3 is 2.43 bits per heavy atom. The predicted molar refractivity (Wildman–Crippen MR) is 85.3 cm³/mol. The fourth-order valence-corrected chi connectivity index (χ4v) is 5.50. The summed E-state index contributed by atoms with van der Waals surface area (Å²) in [5.41, 5.74) is 0. The van der Waals surface area contributed by atoms with E-state index in [1.807, 2.05) is 0 Å². The number of nitrogens with zero attached hydrogens (tertiary/aromatic N) is 1. The number of piperidine rings is 1. The van der Waals surface area contributed by atoms with Crippen LogP contribution in [0.2, 0.25) is 0 Å². The maximum atomic E-state index is 12.6. The lowest BCUT2D eigenvalue weighted by atomic mass is 9.99. The first-order valence-electron chi connectivity index (χ1n) is 6.39. The number of hydrogen-bond acceptors (Lipinski definition) is 4. The van der Waals surface area contributed by atoms with E-state index in [9.17, 15) is 13.2 Å². The summed E-state index contributed by atoms with van der Waals surface area (Å²) < 4.78 is 32.7. The Balaban J connectivity index is 2.17. The second-order valence-electron chi connectivity index (χ2n) is 4.78. The normalized spacial score (nSPS) is 17.7. The van der Waals surface area contributed by atoms with Crippen molar-refractivity contribution in [2.45, 2.75) is 17.7 Å². The van der Waals surface area contributed by atoms with Gasteiger partial charge in [-0.2, -0.15) is 4.31 Å². The maximum absolute atomic E-state index is 12.6. The number of esters is 1. The molecule has 1 aliphatic heterocycles. The van der Waals surface area contributed by atoms with Crippen LogP contribution < -0.4 is 0 Å². The van der Waals surface area contributed by atoms with Gasteiger partial charge in [0.2, 0.25) is 10.0 Å². The molecule has 1 aliphatic rings. The summed E-state index contributed by atoms with van der Waals surface area (Å²) in [4.78, 5) is 11.7. The van der Waals surface area contributed by atoms with Gasteiger partial charge < -0.3 is 4.74 Å². The van der Waals surface area contributed by atoms with Crippen LogP contribution in [-0.2, 0) is 19.6 Å². The van der Waals surface area contributed by atoms with Crippen LogP contribution in [-0.4, -0.2) is 38.9 Å². The number of carbonyl (C=O) groups excluding carboxylic acids is 1. The third kappa shape index (κ3) is 3.67. The first-order chi connectivity index (χ1) is 9.86. The van der Waals surface area contributed by atoms with Gasteiger partial charge in [-0.25, -0.2) is 8.42 Å². The van der Waals surface area contributed by atoms with E-state index in [1.54, 1.807) is 18.2 Å². The number of ether oxygens (including phenoxy) is 1. The van der Waals surface area contributed by atoms with Gasteiger partial charge in [0.05, 0.1) is 17.9 Å². The van der Waals surface area contributed by atoms with Crippen LogP contribution in [0.1, 0.15) is 12.8 Å². The minimum Gasteiger partial charge on any atom is -0.469 e. The highest BCUT2D eigenvalue weighted by molar-refractivity contribution is 9.11. The second-order valence-corrected chi connectivity index (χ2v) is 8.45. The molecule has 8 heteroatoms. The summed E-state index contributed by atoms with van der Waals surface area (Å²) in [6.45, 7) is 0.648. The fraction of sp³-hybridized carbons (Fsp3) is 0.462. The number of sulfonamides is 1. The van der Waals surface area contributed by atoms with Gasteiger partial charge >= 0.3 is 5.97 Å². The summed E-state index contributed by atoms with van der Waals surface area (Å²) in [5, 5.41) is 0. The molecule has 0 amide bonds. The highest BCUT2D eigenvalue weighted by Crippen LogP contribution is 2.30. The van der Waals surface area contributed by atoms with Crippen LogP contribution in [0.5, 0.6) is 0 Å². The Morgan fingerprint density at radius 2 is 1.90 bits per heavy atom.